The van der Waals surface area contributed by atoms with E-state index in [1.807, 2.05) is 0 Å². The number of hydrogen-bond acceptors (Lipinski definition) is 6. The Morgan fingerprint density at radius 2 is 1.58 bits per heavy atom. The Kier molecular flexibility index (Phi) is 10.5. The lowest BCUT2D eigenvalue weighted by atomic mass is 10.0. The second-order valence-corrected chi connectivity index (χ2v) is 6.88. The summed E-state index contributed by atoms with van der Waals surface area (Å²) in [4.78, 5) is 51.4. The van der Waals surface area contributed by atoms with Gasteiger partial charge >= 0.3 is 5.97 Å². The van der Waals surface area contributed by atoms with Gasteiger partial charge in [-0.05, 0) is 18.4 Å². The summed E-state index contributed by atoms with van der Waals surface area (Å²) in [5.74, 6) is -3.61. The number of primary amides is 1. The number of carboxylic acids is 1. The zero-order valence-electron chi connectivity index (χ0n) is 17.0. The molecule has 0 aliphatic rings. The molecule has 3 amide bonds. The van der Waals surface area contributed by atoms with Gasteiger partial charge in [0.05, 0.1) is 12.5 Å². The molecule has 0 radical (unpaired) electrons. The summed E-state index contributed by atoms with van der Waals surface area (Å²) in [7, 11) is 0. The van der Waals surface area contributed by atoms with Gasteiger partial charge < -0.3 is 38.7 Å². The third-order valence-electron chi connectivity index (χ3n) is 4.23. The number of guanidine groups is 1. The van der Waals surface area contributed by atoms with E-state index in [1.165, 1.54) is 0 Å². The molecule has 0 heterocycles. The summed E-state index contributed by atoms with van der Waals surface area (Å²) in [6.07, 6.45) is 0.0742. The van der Waals surface area contributed by atoms with Crippen molar-refractivity contribution in [3.8, 4) is 0 Å². The first-order chi connectivity index (χ1) is 14.6. The number of nitrogens with two attached hydrogens (primary N) is 4. The van der Waals surface area contributed by atoms with Gasteiger partial charge in [-0.25, -0.2) is 4.79 Å². The van der Waals surface area contributed by atoms with Crippen LogP contribution in [-0.4, -0.2) is 59.4 Å². The van der Waals surface area contributed by atoms with Crippen molar-refractivity contribution >= 4 is 29.7 Å². The van der Waals surface area contributed by atoms with E-state index in [4.69, 9.17) is 22.9 Å². The van der Waals surface area contributed by atoms with E-state index in [-0.39, 0.29) is 25.3 Å². The minimum Gasteiger partial charge on any atom is -0.480 e. The molecule has 0 saturated carbocycles. The number of amides is 3. The number of hydrogen-bond donors (Lipinski definition) is 7. The fourth-order valence-electron chi connectivity index (χ4n) is 2.68. The van der Waals surface area contributed by atoms with Crippen LogP contribution in [0.15, 0.2) is 35.3 Å². The minimum absolute atomic E-state index is 0.0533. The van der Waals surface area contributed by atoms with Gasteiger partial charge in [0, 0.05) is 13.0 Å². The zero-order chi connectivity index (χ0) is 23.4. The highest BCUT2D eigenvalue weighted by molar-refractivity contribution is 5.93. The number of rotatable bonds is 13. The van der Waals surface area contributed by atoms with Gasteiger partial charge in [0.25, 0.3) is 0 Å². The molecular formula is C19H29N7O5. The molecule has 1 rings (SSSR count). The fourth-order valence-corrected chi connectivity index (χ4v) is 2.68. The lowest BCUT2D eigenvalue weighted by molar-refractivity contribution is -0.142. The van der Waals surface area contributed by atoms with Crippen LogP contribution in [-0.2, 0) is 25.6 Å². The van der Waals surface area contributed by atoms with E-state index in [2.05, 4.69) is 15.6 Å². The van der Waals surface area contributed by atoms with Crippen molar-refractivity contribution in [3.05, 3.63) is 35.9 Å². The Labute approximate surface area is 179 Å². The maximum absolute atomic E-state index is 12.7. The second kappa shape index (κ2) is 12.8. The Hall–Kier alpha value is -3.67. The van der Waals surface area contributed by atoms with Gasteiger partial charge in [-0.2, -0.15) is 0 Å². The Morgan fingerprint density at radius 1 is 0.968 bits per heavy atom. The number of aliphatic carboxylic acids is 1. The van der Waals surface area contributed by atoms with E-state index >= 15 is 0 Å². The Morgan fingerprint density at radius 3 is 2.13 bits per heavy atom. The lowest BCUT2D eigenvalue weighted by Crippen LogP contribution is -2.55. The normalized spacial score (nSPS) is 13.3. The molecule has 0 saturated heterocycles. The third-order valence-corrected chi connectivity index (χ3v) is 4.23. The summed E-state index contributed by atoms with van der Waals surface area (Å²) in [5.41, 5.74) is 21.9. The molecule has 31 heavy (non-hydrogen) atoms. The van der Waals surface area contributed by atoms with E-state index in [9.17, 15) is 24.3 Å². The third kappa shape index (κ3) is 10.1. The summed E-state index contributed by atoms with van der Waals surface area (Å²) >= 11 is 0. The van der Waals surface area contributed by atoms with Crippen molar-refractivity contribution < 1.29 is 24.3 Å². The van der Waals surface area contributed by atoms with Gasteiger partial charge in [0.2, 0.25) is 17.7 Å². The average molecular weight is 435 g/mol. The maximum Gasteiger partial charge on any atom is 0.326 e. The minimum atomic E-state index is -1.25. The van der Waals surface area contributed by atoms with E-state index in [0.29, 0.717) is 12.0 Å². The van der Waals surface area contributed by atoms with Crippen molar-refractivity contribution in [1.29, 1.82) is 0 Å². The molecule has 170 valence electrons. The van der Waals surface area contributed by atoms with Crippen molar-refractivity contribution in [2.24, 2.45) is 27.9 Å². The number of carbonyl (C=O) groups is 4. The number of benzene rings is 1. The number of nitrogens with one attached hydrogen (secondary N) is 2. The molecule has 11 N–H and O–H groups in total. The molecule has 0 aliphatic carbocycles. The predicted molar refractivity (Wildman–Crippen MR) is 113 cm³/mol. The van der Waals surface area contributed by atoms with Crippen LogP contribution in [0.25, 0.3) is 0 Å². The maximum atomic E-state index is 12.7. The van der Waals surface area contributed by atoms with Crippen LogP contribution < -0.4 is 33.6 Å². The molecule has 3 atom stereocenters. The van der Waals surface area contributed by atoms with Crippen molar-refractivity contribution in [2.45, 2.75) is 43.8 Å². The van der Waals surface area contributed by atoms with Gasteiger partial charge in [-0.3, -0.25) is 19.4 Å². The molecule has 0 spiro atoms. The Bertz CT molecular complexity index is 796. The molecule has 12 nitrogen and oxygen atoms in total. The molecule has 12 heteroatoms. The molecule has 0 aliphatic heterocycles. The van der Waals surface area contributed by atoms with Crippen LogP contribution in [0.5, 0.6) is 0 Å². The zero-order valence-corrected chi connectivity index (χ0v) is 17.0. The van der Waals surface area contributed by atoms with Gasteiger partial charge in [-0.15, -0.1) is 0 Å². The summed E-state index contributed by atoms with van der Waals surface area (Å²) < 4.78 is 0. The first-order valence-electron chi connectivity index (χ1n) is 9.57. The smallest absolute Gasteiger partial charge is 0.326 e. The standard InChI is InChI=1S/C19H29N7O5/c20-12(10-15(21)27)16(28)25-13(7-4-8-24-19(22)23)17(29)26-14(18(30)31)9-11-5-2-1-3-6-11/h1-3,5-6,12-14H,4,7-10,20H2,(H2,21,27)(H,25,28)(H,26,29)(H,30,31)(H4,22,23,24). The largest absolute Gasteiger partial charge is 0.480 e. The van der Waals surface area contributed by atoms with Crippen LogP contribution in [0.2, 0.25) is 0 Å². The highest BCUT2D eigenvalue weighted by atomic mass is 16.4. The number of carbonyl (C=O) groups excluding carboxylic acids is 3. The van der Waals surface area contributed by atoms with Crippen molar-refractivity contribution in [3.63, 3.8) is 0 Å². The van der Waals surface area contributed by atoms with Crippen LogP contribution in [0, 0.1) is 0 Å². The van der Waals surface area contributed by atoms with Crippen LogP contribution in [0.1, 0.15) is 24.8 Å². The van der Waals surface area contributed by atoms with Crippen LogP contribution in [0.4, 0.5) is 0 Å². The Balaban J connectivity index is 2.87. The van der Waals surface area contributed by atoms with E-state index in [0.717, 1.165) is 0 Å². The quantitative estimate of drug-likeness (QED) is 0.0995. The number of aliphatic imine (C=N–C) groups is 1. The van der Waals surface area contributed by atoms with Gasteiger partial charge in [0.1, 0.15) is 12.1 Å². The second-order valence-electron chi connectivity index (χ2n) is 6.88. The highest BCUT2D eigenvalue weighted by Gasteiger charge is 2.28. The molecular weight excluding hydrogens is 406 g/mol. The monoisotopic (exact) mass is 435 g/mol. The average Bonchev–Trinajstić information content (AvgIpc) is 2.69. The van der Waals surface area contributed by atoms with Gasteiger partial charge in [0.15, 0.2) is 5.96 Å². The van der Waals surface area contributed by atoms with Crippen molar-refractivity contribution in [2.75, 3.05) is 6.54 Å². The highest BCUT2D eigenvalue weighted by Crippen LogP contribution is 2.06. The molecule has 0 bridgehead atoms. The summed E-state index contributed by atoms with van der Waals surface area (Å²) in [6, 6.07) is 5.19. The van der Waals surface area contributed by atoms with Crippen LogP contribution >= 0.6 is 0 Å². The number of carboxylic acid groups (broad SMARTS) is 1. The van der Waals surface area contributed by atoms with Crippen molar-refractivity contribution in [1.82, 2.24) is 10.6 Å². The van der Waals surface area contributed by atoms with Crippen LogP contribution in [0.3, 0.4) is 0 Å². The molecule has 1 aromatic rings. The molecule has 1 aromatic carbocycles. The van der Waals surface area contributed by atoms with E-state index in [1.54, 1.807) is 30.3 Å². The van der Waals surface area contributed by atoms with Gasteiger partial charge in [-0.1, -0.05) is 30.3 Å². The fraction of sp³-hybridized carbons (Fsp3) is 0.421. The molecule has 0 fully saturated rings. The summed E-state index contributed by atoms with van der Waals surface area (Å²) in [6.45, 7) is 0.196. The number of nitrogens with zero attached hydrogens (tertiary/aromatic N) is 1. The summed E-state index contributed by atoms with van der Waals surface area (Å²) in [5, 5.41) is 14.4. The topological polar surface area (TPSA) is 229 Å². The SMILES string of the molecule is NC(=O)CC(N)C(=O)NC(CCCN=C(N)N)C(=O)NC(Cc1ccccc1)C(=O)O. The van der Waals surface area contributed by atoms with E-state index < -0.39 is 48.2 Å². The predicted octanol–water partition coefficient (Wildman–Crippen LogP) is -2.46. The lowest BCUT2D eigenvalue weighted by Gasteiger charge is -2.22. The molecule has 3 unspecified atom stereocenters. The first-order valence-corrected chi connectivity index (χ1v) is 9.57. The first kappa shape index (κ1) is 25.4. The molecule has 0 aromatic heterocycles.